The third-order valence-electron chi connectivity index (χ3n) is 5.35. The maximum atomic E-state index is 12.8. The highest BCUT2D eigenvalue weighted by Crippen LogP contribution is 2.37. The standard InChI is InChI=1S/C19H23N3O2S/c1-25-11-8-17(23)21-9-7-16-19-14(6-10-22(16)18(24)12-21)13-4-2-3-5-15(13)20-19/h2-5,16,20H,6-12H2,1H3. The number of aromatic nitrogens is 1. The van der Waals surface area contributed by atoms with Gasteiger partial charge < -0.3 is 14.8 Å². The van der Waals surface area contributed by atoms with Gasteiger partial charge in [-0.2, -0.15) is 11.8 Å². The summed E-state index contributed by atoms with van der Waals surface area (Å²) in [6.07, 6.45) is 4.19. The topological polar surface area (TPSA) is 56.4 Å². The van der Waals surface area contributed by atoms with E-state index in [-0.39, 0.29) is 24.4 Å². The van der Waals surface area contributed by atoms with E-state index in [1.165, 1.54) is 16.6 Å². The predicted molar refractivity (Wildman–Crippen MR) is 101 cm³/mol. The second-order valence-corrected chi connectivity index (χ2v) is 7.75. The molecule has 132 valence electrons. The largest absolute Gasteiger partial charge is 0.356 e. The van der Waals surface area contributed by atoms with Crippen LogP contribution >= 0.6 is 11.8 Å². The van der Waals surface area contributed by atoms with Crippen molar-refractivity contribution in [2.75, 3.05) is 31.6 Å². The molecule has 25 heavy (non-hydrogen) atoms. The number of rotatable bonds is 3. The van der Waals surface area contributed by atoms with Crippen molar-refractivity contribution in [3.05, 3.63) is 35.5 Å². The first-order chi connectivity index (χ1) is 12.2. The first-order valence-corrected chi connectivity index (χ1v) is 10.2. The number of nitrogens with one attached hydrogen (secondary N) is 1. The molecule has 1 aromatic heterocycles. The molecule has 0 saturated carbocycles. The molecule has 2 aliphatic heterocycles. The van der Waals surface area contributed by atoms with Crippen LogP contribution in [0.3, 0.4) is 0 Å². The molecule has 6 heteroatoms. The highest BCUT2D eigenvalue weighted by atomic mass is 32.2. The zero-order valence-corrected chi connectivity index (χ0v) is 15.3. The van der Waals surface area contributed by atoms with Gasteiger partial charge in [0.2, 0.25) is 11.8 Å². The molecule has 5 nitrogen and oxygen atoms in total. The zero-order chi connectivity index (χ0) is 17.4. The van der Waals surface area contributed by atoms with Crippen LogP contribution in [0.4, 0.5) is 0 Å². The minimum Gasteiger partial charge on any atom is -0.356 e. The van der Waals surface area contributed by atoms with Gasteiger partial charge in [-0.15, -0.1) is 0 Å². The van der Waals surface area contributed by atoms with Gasteiger partial charge in [-0.1, -0.05) is 18.2 Å². The Morgan fingerprint density at radius 2 is 2.16 bits per heavy atom. The lowest BCUT2D eigenvalue weighted by molar-refractivity contribution is -0.139. The van der Waals surface area contributed by atoms with Gasteiger partial charge in [0.25, 0.3) is 0 Å². The second-order valence-electron chi connectivity index (χ2n) is 6.76. The van der Waals surface area contributed by atoms with Crippen LogP contribution in [0.5, 0.6) is 0 Å². The Kier molecular flexibility index (Phi) is 4.46. The first kappa shape index (κ1) is 16.5. The lowest BCUT2D eigenvalue weighted by atomic mass is 9.95. The number of nitrogens with zero attached hydrogens (tertiary/aromatic N) is 2. The number of amides is 2. The number of H-pyrrole nitrogens is 1. The number of fused-ring (bicyclic) bond motifs is 5. The number of carbonyl (C=O) groups is 2. The molecule has 0 aliphatic carbocycles. The van der Waals surface area contributed by atoms with E-state index in [4.69, 9.17) is 0 Å². The number of thioether (sulfide) groups is 1. The molecule has 1 saturated heterocycles. The van der Waals surface area contributed by atoms with Crippen molar-refractivity contribution in [2.45, 2.75) is 25.3 Å². The molecule has 3 heterocycles. The van der Waals surface area contributed by atoms with Crippen molar-refractivity contribution in [3.63, 3.8) is 0 Å². The number of hydrogen-bond acceptors (Lipinski definition) is 3. The van der Waals surface area contributed by atoms with Crippen LogP contribution in [0.2, 0.25) is 0 Å². The molecule has 2 amide bonds. The van der Waals surface area contributed by atoms with E-state index in [1.807, 2.05) is 17.2 Å². The van der Waals surface area contributed by atoms with Crippen molar-refractivity contribution in [1.29, 1.82) is 0 Å². The second kappa shape index (κ2) is 6.75. The smallest absolute Gasteiger partial charge is 0.242 e. The SMILES string of the molecule is CSCCC(=O)N1CCC2c3[nH]c4ccccc4c3CCN2C(=O)C1. The summed E-state index contributed by atoms with van der Waals surface area (Å²) in [5.41, 5.74) is 3.64. The Hall–Kier alpha value is -1.95. The summed E-state index contributed by atoms with van der Waals surface area (Å²) in [5, 5.41) is 1.27. The molecule has 2 aromatic rings. The average Bonchev–Trinajstić information content (AvgIpc) is 2.92. The minimum atomic E-state index is 0.0574. The maximum Gasteiger partial charge on any atom is 0.242 e. The molecule has 1 atom stereocenters. The highest BCUT2D eigenvalue weighted by Gasteiger charge is 2.37. The lowest BCUT2D eigenvalue weighted by Gasteiger charge is -2.34. The summed E-state index contributed by atoms with van der Waals surface area (Å²) in [6.45, 7) is 1.61. The van der Waals surface area contributed by atoms with Crippen molar-refractivity contribution in [3.8, 4) is 0 Å². The van der Waals surface area contributed by atoms with E-state index >= 15 is 0 Å². The molecule has 1 N–H and O–H groups in total. The Morgan fingerprint density at radius 3 is 3.00 bits per heavy atom. The van der Waals surface area contributed by atoms with Gasteiger partial charge in [-0.25, -0.2) is 0 Å². The van der Waals surface area contributed by atoms with E-state index in [0.717, 1.165) is 30.7 Å². The minimum absolute atomic E-state index is 0.0574. The summed E-state index contributed by atoms with van der Waals surface area (Å²) < 4.78 is 0. The van der Waals surface area contributed by atoms with Gasteiger partial charge in [-0.3, -0.25) is 9.59 Å². The zero-order valence-electron chi connectivity index (χ0n) is 14.5. The quantitative estimate of drug-likeness (QED) is 0.919. The van der Waals surface area contributed by atoms with Crippen LogP contribution < -0.4 is 0 Å². The monoisotopic (exact) mass is 357 g/mol. The summed E-state index contributed by atoms with van der Waals surface area (Å²) in [5.74, 6) is 0.978. The van der Waals surface area contributed by atoms with Crippen molar-refractivity contribution in [1.82, 2.24) is 14.8 Å². The summed E-state index contributed by atoms with van der Waals surface area (Å²) in [7, 11) is 0. The third-order valence-corrected chi connectivity index (χ3v) is 5.96. The molecule has 1 aromatic carbocycles. The third kappa shape index (κ3) is 2.92. The van der Waals surface area contributed by atoms with E-state index < -0.39 is 0 Å². The molecule has 1 unspecified atom stereocenters. The fourth-order valence-electron chi connectivity index (χ4n) is 4.09. The van der Waals surface area contributed by atoms with Crippen LogP contribution in [0.1, 0.15) is 30.1 Å². The highest BCUT2D eigenvalue weighted by molar-refractivity contribution is 7.98. The number of hydrogen-bond donors (Lipinski definition) is 1. The number of carbonyl (C=O) groups excluding carboxylic acids is 2. The number of para-hydroxylation sites is 1. The van der Waals surface area contributed by atoms with Crippen LogP contribution in [0.25, 0.3) is 10.9 Å². The van der Waals surface area contributed by atoms with Crippen molar-refractivity contribution >= 4 is 34.5 Å². The van der Waals surface area contributed by atoms with Gasteiger partial charge >= 0.3 is 0 Å². The molecular formula is C19H23N3O2S. The molecule has 4 rings (SSSR count). The van der Waals surface area contributed by atoms with Crippen LogP contribution in [-0.4, -0.2) is 58.2 Å². The van der Waals surface area contributed by atoms with E-state index in [1.54, 1.807) is 16.7 Å². The van der Waals surface area contributed by atoms with Crippen LogP contribution in [0.15, 0.2) is 24.3 Å². The Morgan fingerprint density at radius 1 is 1.32 bits per heavy atom. The van der Waals surface area contributed by atoms with Crippen molar-refractivity contribution < 1.29 is 9.59 Å². The Labute approximate surface area is 151 Å². The first-order valence-electron chi connectivity index (χ1n) is 8.84. The Bertz CT molecular complexity index is 816. The van der Waals surface area contributed by atoms with Gasteiger partial charge in [-0.05, 0) is 30.7 Å². The fraction of sp³-hybridized carbons (Fsp3) is 0.474. The van der Waals surface area contributed by atoms with Gasteiger partial charge in [0.15, 0.2) is 0 Å². The van der Waals surface area contributed by atoms with E-state index in [2.05, 4.69) is 23.2 Å². The average molecular weight is 357 g/mol. The van der Waals surface area contributed by atoms with E-state index in [9.17, 15) is 9.59 Å². The maximum absolute atomic E-state index is 12.8. The molecule has 2 aliphatic rings. The normalized spacial score (nSPS) is 20.4. The molecule has 0 spiro atoms. The summed E-state index contributed by atoms with van der Waals surface area (Å²) in [6, 6.07) is 8.40. The molecular weight excluding hydrogens is 334 g/mol. The van der Waals surface area contributed by atoms with Crippen molar-refractivity contribution in [2.24, 2.45) is 0 Å². The molecule has 1 fully saturated rings. The summed E-state index contributed by atoms with van der Waals surface area (Å²) in [4.78, 5) is 32.4. The number of benzene rings is 1. The van der Waals surface area contributed by atoms with Gasteiger partial charge in [0.05, 0.1) is 12.6 Å². The predicted octanol–water partition coefficient (Wildman–Crippen LogP) is 2.58. The van der Waals surface area contributed by atoms with Gasteiger partial charge in [0, 0.05) is 41.9 Å². The summed E-state index contributed by atoms with van der Waals surface area (Å²) >= 11 is 1.67. The number of aromatic amines is 1. The molecule has 0 bridgehead atoms. The fourth-order valence-corrected chi connectivity index (χ4v) is 4.47. The lowest BCUT2D eigenvalue weighted by Crippen LogP contribution is -2.42. The molecule has 0 radical (unpaired) electrons. The van der Waals surface area contributed by atoms with Gasteiger partial charge in [0.1, 0.15) is 0 Å². The van der Waals surface area contributed by atoms with Crippen LogP contribution in [0, 0.1) is 0 Å². The van der Waals surface area contributed by atoms with E-state index in [0.29, 0.717) is 13.0 Å². The Balaban J connectivity index is 1.62. The van der Waals surface area contributed by atoms with Crippen LogP contribution in [-0.2, 0) is 16.0 Å².